The van der Waals surface area contributed by atoms with Crippen LogP contribution in [-0.2, 0) is 0 Å². The number of nitrogens with zero attached hydrogens (tertiary/aromatic N) is 1. The summed E-state index contributed by atoms with van der Waals surface area (Å²) in [5, 5.41) is 20.8. The topological polar surface area (TPSA) is 72.6 Å². The van der Waals surface area contributed by atoms with E-state index in [0.29, 0.717) is 16.6 Å². The molecule has 2 aromatic carbocycles. The zero-order valence-electron chi connectivity index (χ0n) is 11.3. The maximum atomic E-state index is 11.0. The first-order chi connectivity index (χ1) is 10.0. The van der Waals surface area contributed by atoms with Crippen molar-refractivity contribution in [1.29, 1.82) is 0 Å². The second kappa shape index (κ2) is 6.69. The molecule has 0 aromatic heterocycles. The summed E-state index contributed by atoms with van der Waals surface area (Å²) in [6, 6.07) is 11.5. The highest BCUT2D eigenvalue weighted by molar-refractivity contribution is 9.10. The lowest BCUT2D eigenvalue weighted by atomic mass is 10.1. The highest BCUT2D eigenvalue weighted by Gasteiger charge is 2.18. The Hall–Kier alpha value is -1.92. The van der Waals surface area contributed by atoms with Crippen molar-refractivity contribution in [3.05, 3.63) is 62.6 Å². The maximum Gasteiger partial charge on any atom is 0.312 e. The van der Waals surface area contributed by atoms with E-state index in [1.54, 1.807) is 36.4 Å². The van der Waals surface area contributed by atoms with Crippen LogP contribution in [0.4, 0.5) is 5.69 Å². The predicted octanol–water partition coefficient (Wildman–Crippen LogP) is 4.59. The molecule has 0 aliphatic heterocycles. The number of para-hydroxylation sites is 1. The van der Waals surface area contributed by atoms with Gasteiger partial charge in [-0.15, -0.1) is 0 Å². The van der Waals surface area contributed by atoms with E-state index in [2.05, 4.69) is 15.9 Å². The molecule has 0 unspecified atom stereocenters. The Balaban J connectivity index is 2.28. The Morgan fingerprint density at radius 1 is 1.29 bits per heavy atom. The van der Waals surface area contributed by atoms with Crippen LogP contribution >= 0.6 is 15.9 Å². The first-order valence-electron chi connectivity index (χ1n) is 6.41. The Labute approximate surface area is 130 Å². The highest BCUT2D eigenvalue weighted by atomic mass is 79.9. The van der Waals surface area contributed by atoms with Gasteiger partial charge in [-0.1, -0.05) is 25.1 Å². The molecule has 0 aliphatic carbocycles. The molecule has 2 aromatic rings. The van der Waals surface area contributed by atoms with Gasteiger partial charge < -0.3 is 9.84 Å². The molecule has 21 heavy (non-hydrogen) atoms. The molecule has 2 rings (SSSR count). The van der Waals surface area contributed by atoms with Crippen molar-refractivity contribution in [2.45, 2.75) is 19.4 Å². The summed E-state index contributed by atoms with van der Waals surface area (Å²) in [6.07, 6.45) is 0.104. The molecule has 1 N–H and O–H groups in total. The van der Waals surface area contributed by atoms with Crippen molar-refractivity contribution >= 4 is 21.6 Å². The van der Waals surface area contributed by atoms with E-state index in [0.717, 1.165) is 5.56 Å². The molecule has 0 fully saturated rings. The zero-order valence-corrected chi connectivity index (χ0v) is 12.9. The smallest absolute Gasteiger partial charge is 0.312 e. The van der Waals surface area contributed by atoms with Crippen molar-refractivity contribution in [2.75, 3.05) is 0 Å². The van der Waals surface area contributed by atoms with Gasteiger partial charge in [0.1, 0.15) is 5.75 Å². The average molecular weight is 352 g/mol. The molecule has 0 spiro atoms. The van der Waals surface area contributed by atoms with Crippen molar-refractivity contribution in [1.82, 2.24) is 0 Å². The van der Waals surface area contributed by atoms with Crippen LogP contribution in [0.1, 0.15) is 25.0 Å². The molecule has 0 radical (unpaired) electrons. The molecule has 0 saturated carbocycles. The summed E-state index contributed by atoms with van der Waals surface area (Å²) in [5.74, 6) is 0.628. The molecular formula is C15H14BrNO4. The number of halogens is 1. The summed E-state index contributed by atoms with van der Waals surface area (Å²) in [4.78, 5) is 10.5. The summed E-state index contributed by atoms with van der Waals surface area (Å²) < 4.78 is 6.11. The second-order valence-electron chi connectivity index (χ2n) is 4.44. The van der Waals surface area contributed by atoms with Gasteiger partial charge in [-0.2, -0.15) is 0 Å². The summed E-state index contributed by atoms with van der Waals surface area (Å²) in [7, 11) is 0. The highest BCUT2D eigenvalue weighted by Crippen LogP contribution is 2.38. The number of aliphatic hydroxyl groups is 1. The van der Waals surface area contributed by atoms with Gasteiger partial charge >= 0.3 is 5.69 Å². The Bertz CT molecular complexity index is 643. The quantitative estimate of drug-likeness (QED) is 0.631. The standard InChI is InChI=1S/C15H14BrNO4/c1-2-14(18)10-6-8-11(9-7-10)21-15-12(16)4-3-5-13(15)17(19)20/h3-9,14,18H,2H2,1H3/t14-/m0/s1. The van der Waals surface area contributed by atoms with Gasteiger partial charge in [-0.3, -0.25) is 10.1 Å². The van der Waals surface area contributed by atoms with Gasteiger partial charge in [0, 0.05) is 6.07 Å². The van der Waals surface area contributed by atoms with Gasteiger partial charge in [0.2, 0.25) is 5.75 Å². The number of benzene rings is 2. The largest absolute Gasteiger partial charge is 0.449 e. The molecule has 5 nitrogen and oxygen atoms in total. The number of aliphatic hydroxyl groups excluding tert-OH is 1. The third-order valence-corrected chi connectivity index (χ3v) is 3.64. The van der Waals surface area contributed by atoms with Crippen LogP contribution in [0, 0.1) is 10.1 Å². The van der Waals surface area contributed by atoms with Gasteiger partial charge in [0.25, 0.3) is 0 Å². The van der Waals surface area contributed by atoms with Gasteiger partial charge in [-0.05, 0) is 46.1 Å². The molecule has 0 bridgehead atoms. The Morgan fingerprint density at radius 2 is 1.95 bits per heavy atom. The number of rotatable bonds is 5. The van der Waals surface area contributed by atoms with E-state index < -0.39 is 11.0 Å². The molecular weight excluding hydrogens is 338 g/mol. The molecule has 0 aliphatic rings. The van der Waals surface area contributed by atoms with E-state index in [1.165, 1.54) is 6.07 Å². The van der Waals surface area contributed by atoms with Crippen molar-refractivity contribution in [2.24, 2.45) is 0 Å². The monoisotopic (exact) mass is 351 g/mol. The molecule has 0 saturated heterocycles. The predicted molar refractivity (Wildman–Crippen MR) is 82.6 cm³/mol. The molecule has 0 amide bonds. The van der Waals surface area contributed by atoms with Gasteiger partial charge in [0.05, 0.1) is 15.5 Å². The number of hydrogen-bond acceptors (Lipinski definition) is 4. The lowest BCUT2D eigenvalue weighted by Crippen LogP contribution is -1.96. The van der Waals surface area contributed by atoms with Gasteiger partial charge in [-0.25, -0.2) is 0 Å². The van der Waals surface area contributed by atoms with Crippen LogP contribution in [0.15, 0.2) is 46.9 Å². The Kier molecular flexibility index (Phi) is 4.93. The first-order valence-corrected chi connectivity index (χ1v) is 7.21. The average Bonchev–Trinajstić information content (AvgIpc) is 2.49. The van der Waals surface area contributed by atoms with E-state index in [9.17, 15) is 15.2 Å². The lowest BCUT2D eigenvalue weighted by molar-refractivity contribution is -0.385. The minimum absolute atomic E-state index is 0.109. The van der Waals surface area contributed by atoms with Gasteiger partial charge in [0.15, 0.2) is 0 Å². The Morgan fingerprint density at radius 3 is 2.52 bits per heavy atom. The van der Waals surface area contributed by atoms with E-state index in [4.69, 9.17) is 4.74 Å². The third kappa shape index (κ3) is 3.59. The third-order valence-electron chi connectivity index (χ3n) is 3.01. The first kappa shape index (κ1) is 15.5. The zero-order chi connectivity index (χ0) is 15.4. The van der Waals surface area contributed by atoms with Crippen molar-refractivity contribution in [3.63, 3.8) is 0 Å². The number of nitro groups is 1. The van der Waals surface area contributed by atoms with E-state index in [-0.39, 0.29) is 11.4 Å². The molecule has 110 valence electrons. The van der Waals surface area contributed by atoms with Crippen LogP contribution < -0.4 is 4.74 Å². The van der Waals surface area contributed by atoms with E-state index >= 15 is 0 Å². The minimum atomic E-state index is -0.517. The number of nitro benzene ring substituents is 1. The fraction of sp³-hybridized carbons (Fsp3) is 0.200. The van der Waals surface area contributed by atoms with Crippen molar-refractivity contribution in [3.8, 4) is 11.5 Å². The minimum Gasteiger partial charge on any atom is -0.449 e. The fourth-order valence-corrected chi connectivity index (χ4v) is 2.29. The van der Waals surface area contributed by atoms with Crippen LogP contribution in [0.25, 0.3) is 0 Å². The summed E-state index contributed by atoms with van der Waals surface area (Å²) in [5.41, 5.74) is 0.675. The SMILES string of the molecule is CC[C@H](O)c1ccc(Oc2c(Br)cccc2[N+](=O)[O-])cc1. The fourth-order valence-electron chi connectivity index (χ4n) is 1.85. The molecule has 6 heteroatoms. The number of ether oxygens (including phenoxy) is 1. The van der Waals surface area contributed by atoms with Crippen LogP contribution in [-0.4, -0.2) is 10.0 Å². The maximum absolute atomic E-state index is 11.0. The van der Waals surface area contributed by atoms with E-state index in [1.807, 2.05) is 6.92 Å². The number of hydrogen-bond donors (Lipinski definition) is 1. The van der Waals surface area contributed by atoms with Crippen LogP contribution in [0.2, 0.25) is 0 Å². The normalized spacial score (nSPS) is 12.0. The lowest BCUT2D eigenvalue weighted by Gasteiger charge is -2.11. The molecule has 0 heterocycles. The van der Waals surface area contributed by atoms with Crippen molar-refractivity contribution < 1.29 is 14.8 Å². The summed E-state index contributed by atoms with van der Waals surface area (Å²) in [6.45, 7) is 1.89. The second-order valence-corrected chi connectivity index (χ2v) is 5.29. The van der Waals surface area contributed by atoms with Crippen LogP contribution in [0.3, 0.4) is 0 Å². The molecule has 1 atom stereocenters. The van der Waals surface area contributed by atoms with Crippen LogP contribution in [0.5, 0.6) is 11.5 Å². The summed E-state index contributed by atoms with van der Waals surface area (Å²) >= 11 is 3.25.